The summed E-state index contributed by atoms with van der Waals surface area (Å²) in [6, 6.07) is 1.72. The van der Waals surface area contributed by atoms with Crippen molar-refractivity contribution < 1.29 is 28.6 Å². The molecule has 7 nitrogen and oxygen atoms in total. The molecular formula is C11H11NO6. The molecule has 1 rings (SSSR count). The quantitative estimate of drug-likeness (QED) is 0.387. The Bertz CT molecular complexity index is 461. The van der Waals surface area contributed by atoms with Gasteiger partial charge in [0, 0.05) is 12.5 Å². The minimum atomic E-state index is -1.80. The lowest BCUT2D eigenvalue weighted by Gasteiger charge is -2.17. The Morgan fingerprint density at radius 3 is 2.50 bits per heavy atom. The van der Waals surface area contributed by atoms with Gasteiger partial charge in [-0.3, -0.25) is 0 Å². The normalized spacial score (nSPS) is 22.9. The molecule has 1 heterocycles. The van der Waals surface area contributed by atoms with E-state index in [0.717, 1.165) is 20.3 Å². The van der Waals surface area contributed by atoms with E-state index in [9.17, 15) is 14.4 Å². The van der Waals surface area contributed by atoms with Gasteiger partial charge in [0.1, 0.15) is 0 Å². The lowest BCUT2D eigenvalue weighted by atomic mass is 9.80. The van der Waals surface area contributed by atoms with Crippen LogP contribution in [0.3, 0.4) is 0 Å². The summed E-state index contributed by atoms with van der Waals surface area (Å²) in [6.45, 7) is 0.00189. The van der Waals surface area contributed by atoms with E-state index in [4.69, 9.17) is 5.26 Å². The highest BCUT2D eigenvalue weighted by Crippen LogP contribution is 2.37. The van der Waals surface area contributed by atoms with Crippen LogP contribution in [0.15, 0.2) is 11.6 Å². The van der Waals surface area contributed by atoms with Crippen molar-refractivity contribution in [3.05, 3.63) is 11.6 Å². The van der Waals surface area contributed by atoms with Gasteiger partial charge in [0.25, 0.3) is 0 Å². The van der Waals surface area contributed by atoms with Crippen LogP contribution in [0.1, 0.15) is 6.42 Å². The topological polar surface area (TPSA) is 103 Å². The molecule has 1 unspecified atom stereocenters. The fraction of sp³-hybridized carbons (Fsp3) is 0.455. The van der Waals surface area contributed by atoms with Crippen molar-refractivity contribution in [1.29, 1.82) is 5.26 Å². The molecule has 0 aromatic carbocycles. The maximum Gasteiger partial charge on any atom is 0.336 e. The lowest BCUT2D eigenvalue weighted by molar-refractivity contribution is -0.146. The molecule has 1 atom stereocenters. The molecule has 0 bridgehead atoms. The summed E-state index contributed by atoms with van der Waals surface area (Å²) in [5.74, 6) is -2.67. The van der Waals surface area contributed by atoms with E-state index in [1.54, 1.807) is 6.07 Å². The number of rotatable bonds is 3. The SMILES string of the molecule is COC(=O)/C=C(\C(=O)OC)C1(C#N)CCOC1=O. The number of nitrogens with zero attached hydrogens (tertiary/aromatic N) is 1. The summed E-state index contributed by atoms with van der Waals surface area (Å²) in [7, 11) is 2.19. The van der Waals surface area contributed by atoms with E-state index >= 15 is 0 Å². The predicted octanol–water partition coefficient (Wildman–Crippen LogP) is -0.284. The third-order valence-electron chi connectivity index (χ3n) is 2.58. The van der Waals surface area contributed by atoms with Crippen molar-refractivity contribution in [3.8, 4) is 6.07 Å². The highest BCUT2D eigenvalue weighted by Gasteiger charge is 2.51. The van der Waals surface area contributed by atoms with Crippen LogP contribution >= 0.6 is 0 Å². The molecule has 0 aromatic heterocycles. The van der Waals surface area contributed by atoms with Crippen LogP contribution in [0.25, 0.3) is 0 Å². The Hall–Kier alpha value is -2.36. The molecule has 1 aliphatic heterocycles. The fourth-order valence-electron chi connectivity index (χ4n) is 1.57. The number of ether oxygens (including phenoxy) is 3. The van der Waals surface area contributed by atoms with Crippen molar-refractivity contribution in [2.75, 3.05) is 20.8 Å². The molecule has 0 radical (unpaired) electrons. The Kier molecular flexibility index (Phi) is 4.05. The third kappa shape index (κ3) is 2.18. The Morgan fingerprint density at radius 1 is 1.44 bits per heavy atom. The summed E-state index contributed by atoms with van der Waals surface area (Å²) in [4.78, 5) is 34.4. The Balaban J connectivity index is 3.30. The van der Waals surface area contributed by atoms with Gasteiger partial charge in [-0.25, -0.2) is 14.4 Å². The number of nitriles is 1. The molecular weight excluding hydrogens is 242 g/mol. The molecule has 1 fully saturated rings. The van der Waals surface area contributed by atoms with E-state index in [1.807, 2.05) is 0 Å². The minimum Gasteiger partial charge on any atom is -0.466 e. The number of esters is 3. The first kappa shape index (κ1) is 13.7. The third-order valence-corrected chi connectivity index (χ3v) is 2.58. The first-order valence-corrected chi connectivity index (χ1v) is 4.98. The van der Waals surface area contributed by atoms with Gasteiger partial charge in [-0.2, -0.15) is 5.26 Å². The van der Waals surface area contributed by atoms with Crippen molar-refractivity contribution >= 4 is 17.9 Å². The molecule has 0 amide bonds. The molecule has 0 aromatic rings. The maximum atomic E-state index is 11.6. The average Bonchev–Trinajstić information content (AvgIpc) is 2.76. The molecule has 7 heteroatoms. The first-order valence-electron chi connectivity index (χ1n) is 4.98. The summed E-state index contributed by atoms with van der Waals surface area (Å²) in [5.41, 5.74) is -2.18. The van der Waals surface area contributed by atoms with Gasteiger partial charge in [-0.1, -0.05) is 0 Å². The first-order chi connectivity index (χ1) is 8.51. The zero-order valence-electron chi connectivity index (χ0n) is 9.89. The molecule has 0 aliphatic carbocycles. The fourth-order valence-corrected chi connectivity index (χ4v) is 1.57. The van der Waals surface area contributed by atoms with Gasteiger partial charge in [0.2, 0.25) is 0 Å². The second-order valence-corrected chi connectivity index (χ2v) is 3.48. The van der Waals surface area contributed by atoms with Gasteiger partial charge in [0.05, 0.1) is 32.5 Å². The maximum absolute atomic E-state index is 11.6. The van der Waals surface area contributed by atoms with Gasteiger partial charge < -0.3 is 14.2 Å². The predicted molar refractivity (Wildman–Crippen MR) is 55.7 cm³/mol. The molecule has 96 valence electrons. The summed E-state index contributed by atoms with van der Waals surface area (Å²) in [6.07, 6.45) is 0.766. The van der Waals surface area contributed by atoms with E-state index < -0.39 is 23.3 Å². The number of hydrogen-bond donors (Lipinski definition) is 0. The number of cyclic esters (lactones) is 1. The van der Waals surface area contributed by atoms with Crippen molar-refractivity contribution in [1.82, 2.24) is 0 Å². The van der Waals surface area contributed by atoms with Gasteiger partial charge in [-0.15, -0.1) is 0 Å². The standard InChI is InChI=1S/C11H11NO6/c1-16-8(13)5-7(9(14)17-2)11(6-12)3-4-18-10(11)15/h5H,3-4H2,1-2H3/b7-5+. The van der Waals surface area contributed by atoms with E-state index in [2.05, 4.69) is 14.2 Å². The molecule has 0 saturated carbocycles. The van der Waals surface area contributed by atoms with Crippen LogP contribution in [0.5, 0.6) is 0 Å². The number of carbonyl (C=O) groups excluding carboxylic acids is 3. The average molecular weight is 253 g/mol. The largest absolute Gasteiger partial charge is 0.466 e. The summed E-state index contributed by atoms with van der Waals surface area (Å²) < 4.78 is 13.5. The Morgan fingerprint density at radius 2 is 2.11 bits per heavy atom. The second-order valence-electron chi connectivity index (χ2n) is 3.48. The van der Waals surface area contributed by atoms with Crippen molar-refractivity contribution in [3.63, 3.8) is 0 Å². The summed E-state index contributed by atoms with van der Waals surface area (Å²) >= 11 is 0. The summed E-state index contributed by atoms with van der Waals surface area (Å²) in [5, 5.41) is 9.14. The van der Waals surface area contributed by atoms with Gasteiger partial charge in [0.15, 0.2) is 5.41 Å². The highest BCUT2D eigenvalue weighted by atomic mass is 16.5. The van der Waals surface area contributed by atoms with E-state index in [0.29, 0.717) is 0 Å². The minimum absolute atomic E-state index is 0.00189. The van der Waals surface area contributed by atoms with Crippen LogP contribution in [-0.2, 0) is 28.6 Å². The van der Waals surface area contributed by atoms with Crippen LogP contribution in [0.4, 0.5) is 0 Å². The van der Waals surface area contributed by atoms with Crippen molar-refractivity contribution in [2.24, 2.45) is 5.41 Å². The zero-order chi connectivity index (χ0) is 13.8. The smallest absolute Gasteiger partial charge is 0.336 e. The Labute approximate surface area is 103 Å². The molecule has 18 heavy (non-hydrogen) atoms. The van der Waals surface area contributed by atoms with Crippen LogP contribution in [-0.4, -0.2) is 38.7 Å². The second kappa shape index (κ2) is 5.31. The number of carbonyl (C=O) groups is 3. The number of hydrogen-bond acceptors (Lipinski definition) is 7. The highest BCUT2D eigenvalue weighted by molar-refractivity contribution is 6.04. The van der Waals surface area contributed by atoms with Crippen LogP contribution < -0.4 is 0 Å². The lowest BCUT2D eigenvalue weighted by Crippen LogP contribution is -2.32. The van der Waals surface area contributed by atoms with Gasteiger partial charge in [-0.05, 0) is 0 Å². The van der Waals surface area contributed by atoms with Crippen molar-refractivity contribution in [2.45, 2.75) is 6.42 Å². The van der Waals surface area contributed by atoms with Gasteiger partial charge >= 0.3 is 17.9 Å². The van der Waals surface area contributed by atoms with Crippen LogP contribution in [0, 0.1) is 16.7 Å². The molecule has 1 aliphatic rings. The van der Waals surface area contributed by atoms with E-state index in [-0.39, 0.29) is 18.6 Å². The number of methoxy groups -OCH3 is 2. The molecule has 1 saturated heterocycles. The monoisotopic (exact) mass is 253 g/mol. The van der Waals surface area contributed by atoms with Crippen LogP contribution in [0.2, 0.25) is 0 Å². The zero-order valence-corrected chi connectivity index (χ0v) is 9.89. The molecule has 0 N–H and O–H groups in total. The molecule has 0 spiro atoms. The van der Waals surface area contributed by atoms with E-state index in [1.165, 1.54) is 0 Å².